The number of hydrogen-bond donors (Lipinski definition) is 6. The van der Waals surface area contributed by atoms with Crippen LogP contribution >= 0.6 is 0 Å². The van der Waals surface area contributed by atoms with Crippen LogP contribution < -0.4 is 5.32 Å². The summed E-state index contributed by atoms with van der Waals surface area (Å²) in [7, 11) is 0. The van der Waals surface area contributed by atoms with E-state index >= 15 is 0 Å². The fourth-order valence-electron chi connectivity index (χ4n) is 9.78. The molecule has 1 heterocycles. The molecular formula is C60H115NO8. The number of ether oxygens (including phenoxy) is 2. The van der Waals surface area contributed by atoms with Crippen LogP contribution in [0.4, 0.5) is 0 Å². The van der Waals surface area contributed by atoms with Gasteiger partial charge in [0, 0.05) is 6.42 Å². The maximum atomic E-state index is 13.0. The molecule has 6 N–H and O–H groups in total. The normalized spacial score (nSPS) is 19.6. The zero-order valence-electron chi connectivity index (χ0n) is 45.3. The highest BCUT2D eigenvalue weighted by molar-refractivity contribution is 5.76. The number of carbonyl (C=O) groups excluding carboxylic acids is 1. The second-order valence-corrected chi connectivity index (χ2v) is 21.1. The minimum atomic E-state index is -1.56. The number of allylic oxidation sites excluding steroid dienone is 4. The van der Waals surface area contributed by atoms with E-state index in [1.54, 1.807) is 0 Å². The lowest BCUT2D eigenvalue weighted by atomic mass is 9.99. The second kappa shape index (κ2) is 50.2. The molecule has 1 amide bonds. The van der Waals surface area contributed by atoms with Crippen molar-refractivity contribution in [2.45, 2.75) is 339 Å². The molecule has 9 heteroatoms. The van der Waals surface area contributed by atoms with E-state index in [0.717, 1.165) is 64.2 Å². The average molecular weight is 979 g/mol. The van der Waals surface area contributed by atoms with Crippen LogP contribution in [0.1, 0.15) is 296 Å². The molecule has 1 fully saturated rings. The molecule has 0 radical (unpaired) electrons. The van der Waals surface area contributed by atoms with Crippen LogP contribution in [-0.4, -0.2) is 87.5 Å². The van der Waals surface area contributed by atoms with Gasteiger partial charge in [-0.25, -0.2) is 0 Å². The van der Waals surface area contributed by atoms with Crippen LogP contribution in [0.3, 0.4) is 0 Å². The number of aliphatic hydroxyl groups excluding tert-OH is 5. The summed E-state index contributed by atoms with van der Waals surface area (Å²) in [5, 5.41) is 54.7. The molecule has 0 aromatic heterocycles. The fourth-order valence-corrected chi connectivity index (χ4v) is 9.78. The minimum absolute atomic E-state index is 0.141. The largest absolute Gasteiger partial charge is 0.394 e. The third kappa shape index (κ3) is 39.8. The lowest BCUT2D eigenvalue weighted by Gasteiger charge is -2.40. The van der Waals surface area contributed by atoms with E-state index in [9.17, 15) is 30.3 Å². The summed E-state index contributed by atoms with van der Waals surface area (Å²) in [6.45, 7) is 3.84. The van der Waals surface area contributed by atoms with Crippen molar-refractivity contribution in [3.8, 4) is 0 Å². The monoisotopic (exact) mass is 978 g/mol. The molecule has 0 aliphatic carbocycles. The smallest absolute Gasteiger partial charge is 0.220 e. The highest BCUT2D eigenvalue weighted by atomic mass is 16.7. The molecule has 0 aromatic carbocycles. The molecule has 0 aromatic rings. The van der Waals surface area contributed by atoms with Crippen LogP contribution in [0.5, 0.6) is 0 Å². The summed E-state index contributed by atoms with van der Waals surface area (Å²) in [6, 6.07) is -0.726. The Morgan fingerprint density at radius 3 is 1.26 bits per heavy atom. The summed E-state index contributed by atoms with van der Waals surface area (Å²) >= 11 is 0. The maximum absolute atomic E-state index is 13.0. The number of hydrogen-bond acceptors (Lipinski definition) is 8. The third-order valence-corrected chi connectivity index (χ3v) is 14.6. The predicted octanol–water partition coefficient (Wildman–Crippen LogP) is 15.0. The molecule has 0 bridgehead atoms. The predicted molar refractivity (Wildman–Crippen MR) is 290 cm³/mol. The van der Waals surface area contributed by atoms with Gasteiger partial charge in [-0.15, -0.1) is 0 Å². The first-order valence-electron chi connectivity index (χ1n) is 30.0. The van der Waals surface area contributed by atoms with Gasteiger partial charge in [0.05, 0.1) is 25.4 Å². The fraction of sp³-hybridized carbons (Fsp3) is 0.917. The van der Waals surface area contributed by atoms with E-state index < -0.39 is 49.5 Å². The number of amides is 1. The first kappa shape index (κ1) is 65.7. The van der Waals surface area contributed by atoms with Crippen LogP contribution in [0.2, 0.25) is 0 Å². The van der Waals surface area contributed by atoms with Gasteiger partial charge in [0.2, 0.25) is 5.91 Å². The van der Waals surface area contributed by atoms with Gasteiger partial charge < -0.3 is 40.3 Å². The Hall–Kier alpha value is -1.33. The lowest BCUT2D eigenvalue weighted by molar-refractivity contribution is -0.302. The minimum Gasteiger partial charge on any atom is -0.394 e. The van der Waals surface area contributed by atoms with Crippen molar-refractivity contribution in [1.82, 2.24) is 5.32 Å². The summed E-state index contributed by atoms with van der Waals surface area (Å²) in [5.41, 5.74) is 0. The number of carbonyl (C=O) groups is 1. The summed E-state index contributed by atoms with van der Waals surface area (Å²) in [4.78, 5) is 13.0. The first-order valence-corrected chi connectivity index (χ1v) is 30.0. The SMILES string of the molecule is CCCCCC/C=C\C/C=C\CCCCCCCC(=O)NC(COC1OC(CO)C(O)C(O)C1O)C(O)CCCCCCCCCCCCCCCCCCCCCCCCCCCCCCCC. The van der Waals surface area contributed by atoms with Gasteiger partial charge in [0.1, 0.15) is 24.4 Å². The quantitative estimate of drug-likeness (QED) is 0.0261. The van der Waals surface area contributed by atoms with Crippen LogP contribution in [0.25, 0.3) is 0 Å². The van der Waals surface area contributed by atoms with Gasteiger partial charge in [0.15, 0.2) is 6.29 Å². The molecule has 9 nitrogen and oxygen atoms in total. The lowest BCUT2D eigenvalue weighted by Crippen LogP contribution is -2.60. The topological polar surface area (TPSA) is 149 Å². The molecule has 408 valence electrons. The molecule has 7 atom stereocenters. The molecule has 1 rings (SSSR count). The third-order valence-electron chi connectivity index (χ3n) is 14.6. The Balaban J connectivity index is 2.14. The van der Waals surface area contributed by atoms with Gasteiger partial charge in [-0.3, -0.25) is 4.79 Å². The molecule has 1 aliphatic heterocycles. The zero-order valence-corrected chi connectivity index (χ0v) is 45.3. The summed E-state index contributed by atoms with van der Waals surface area (Å²) in [6.07, 6.45) is 56.5. The van der Waals surface area contributed by atoms with Crippen molar-refractivity contribution in [2.75, 3.05) is 13.2 Å². The molecule has 7 unspecified atom stereocenters. The highest BCUT2D eigenvalue weighted by Crippen LogP contribution is 2.23. The van der Waals surface area contributed by atoms with Crippen molar-refractivity contribution in [2.24, 2.45) is 0 Å². The molecule has 1 aliphatic rings. The Morgan fingerprint density at radius 1 is 0.493 bits per heavy atom. The summed E-state index contributed by atoms with van der Waals surface area (Å²) in [5.74, 6) is -0.154. The van der Waals surface area contributed by atoms with E-state index in [1.807, 2.05) is 0 Å². The van der Waals surface area contributed by atoms with Crippen molar-refractivity contribution in [3.05, 3.63) is 24.3 Å². The Morgan fingerprint density at radius 2 is 0.855 bits per heavy atom. The van der Waals surface area contributed by atoms with Crippen molar-refractivity contribution in [3.63, 3.8) is 0 Å². The van der Waals surface area contributed by atoms with E-state index in [1.165, 1.54) is 205 Å². The van der Waals surface area contributed by atoms with Gasteiger partial charge in [-0.2, -0.15) is 0 Å². The number of aliphatic hydroxyl groups is 5. The van der Waals surface area contributed by atoms with Crippen LogP contribution in [0, 0.1) is 0 Å². The Labute approximate surface area is 426 Å². The Kier molecular flexibility index (Phi) is 47.8. The number of rotatable bonds is 52. The Bertz CT molecular complexity index is 1130. The first-order chi connectivity index (χ1) is 33.8. The van der Waals surface area contributed by atoms with Crippen LogP contribution in [-0.2, 0) is 14.3 Å². The highest BCUT2D eigenvalue weighted by Gasteiger charge is 2.44. The number of nitrogens with one attached hydrogen (secondary N) is 1. The molecule has 0 saturated carbocycles. The second-order valence-electron chi connectivity index (χ2n) is 21.1. The van der Waals surface area contributed by atoms with E-state index in [-0.39, 0.29) is 12.5 Å². The van der Waals surface area contributed by atoms with Crippen molar-refractivity contribution < 1.29 is 39.8 Å². The van der Waals surface area contributed by atoms with Gasteiger partial charge >= 0.3 is 0 Å². The van der Waals surface area contributed by atoms with Crippen LogP contribution in [0.15, 0.2) is 24.3 Å². The standard InChI is InChI=1S/C60H115NO8/c1-3-5-7-9-11-13-15-17-19-21-22-23-24-25-26-27-28-29-30-31-32-33-34-35-37-39-41-43-45-47-49-54(63)53(52-68-60-59(67)58(66)57(65)55(51-62)69-60)61-56(64)50-48-46-44-42-40-38-36-20-18-16-14-12-10-8-6-4-2/h14,16,20,36,53-55,57-60,62-63,65-67H,3-13,15,17-19,21-35,37-52H2,1-2H3,(H,61,64)/b16-14-,36-20-. The molecule has 0 spiro atoms. The maximum Gasteiger partial charge on any atom is 0.220 e. The van der Waals surface area contributed by atoms with Crippen molar-refractivity contribution in [1.29, 1.82) is 0 Å². The van der Waals surface area contributed by atoms with E-state index in [4.69, 9.17) is 9.47 Å². The number of unbranched alkanes of at least 4 members (excludes halogenated alkanes) is 38. The van der Waals surface area contributed by atoms with Crippen molar-refractivity contribution >= 4 is 5.91 Å². The van der Waals surface area contributed by atoms with Gasteiger partial charge in [-0.05, 0) is 44.9 Å². The molecule has 1 saturated heterocycles. The molecular weight excluding hydrogens is 863 g/mol. The zero-order chi connectivity index (χ0) is 50.1. The average Bonchev–Trinajstić information content (AvgIpc) is 3.35. The van der Waals surface area contributed by atoms with Gasteiger partial charge in [-0.1, -0.05) is 269 Å². The summed E-state index contributed by atoms with van der Waals surface area (Å²) < 4.78 is 11.3. The van der Waals surface area contributed by atoms with Gasteiger partial charge in [0.25, 0.3) is 0 Å². The van der Waals surface area contributed by atoms with E-state index in [0.29, 0.717) is 12.8 Å². The molecule has 69 heavy (non-hydrogen) atoms. The van der Waals surface area contributed by atoms with E-state index in [2.05, 4.69) is 43.5 Å².